The zero-order valence-electron chi connectivity index (χ0n) is 27.8. The third kappa shape index (κ3) is 7.97. The highest BCUT2D eigenvalue weighted by Gasteiger charge is 2.23. The fourth-order valence-corrected chi connectivity index (χ4v) is 6.91. The van der Waals surface area contributed by atoms with E-state index in [-0.39, 0.29) is 36.1 Å². The average molecular weight is 722 g/mol. The molecule has 6 rings (SSSR count). The zero-order chi connectivity index (χ0) is 35.2. The van der Waals surface area contributed by atoms with E-state index in [1.54, 1.807) is 37.6 Å². The summed E-state index contributed by atoms with van der Waals surface area (Å²) in [4.78, 5) is 27.6. The molecule has 4 aromatic rings. The summed E-state index contributed by atoms with van der Waals surface area (Å²) in [5.41, 5.74) is 4.60. The van der Waals surface area contributed by atoms with Crippen LogP contribution in [-0.2, 0) is 22.7 Å². The van der Waals surface area contributed by atoms with Gasteiger partial charge in [-0.25, -0.2) is 4.39 Å². The fraction of sp³-hybridized carbons (Fsp3) is 0.324. The van der Waals surface area contributed by atoms with Crippen LogP contribution in [0.25, 0.3) is 22.4 Å². The van der Waals surface area contributed by atoms with Crippen molar-refractivity contribution < 1.29 is 23.5 Å². The van der Waals surface area contributed by atoms with E-state index >= 15 is 4.39 Å². The summed E-state index contributed by atoms with van der Waals surface area (Å²) in [5, 5.41) is 16.4. The molecule has 0 bridgehead atoms. The van der Waals surface area contributed by atoms with Gasteiger partial charge in [0.15, 0.2) is 5.82 Å². The number of halogens is 3. The fourth-order valence-electron chi connectivity index (χ4n) is 6.31. The Kier molecular flexibility index (Phi) is 11.4. The molecule has 0 spiro atoms. The molecule has 262 valence electrons. The molecule has 3 aromatic carbocycles. The topological polar surface area (TPSA) is 126 Å². The molecule has 3 heterocycles. The Morgan fingerprint density at radius 1 is 0.820 bits per heavy atom. The lowest BCUT2D eigenvalue weighted by Crippen LogP contribution is -2.35. The number of carbonyl (C=O) groups excluding carboxylic acids is 2. The lowest BCUT2D eigenvalue weighted by molar-refractivity contribution is -0.120. The Balaban J connectivity index is 1.21. The number of benzene rings is 3. The Bertz CT molecular complexity index is 1890. The van der Waals surface area contributed by atoms with E-state index < -0.39 is 5.82 Å². The van der Waals surface area contributed by atoms with E-state index in [4.69, 9.17) is 32.7 Å². The summed E-state index contributed by atoms with van der Waals surface area (Å²) in [6.07, 6.45) is 4.32. The molecule has 0 unspecified atom stereocenters. The van der Waals surface area contributed by atoms with Crippen molar-refractivity contribution >= 4 is 46.4 Å². The van der Waals surface area contributed by atoms with Crippen molar-refractivity contribution in [3.05, 3.63) is 87.8 Å². The number of amides is 2. The van der Waals surface area contributed by atoms with E-state index in [2.05, 4.69) is 31.6 Å². The molecule has 1 aromatic heterocycles. The van der Waals surface area contributed by atoms with Crippen molar-refractivity contribution in [2.75, 3.05) is 32.6 Å². The Labute approximate surface area is 300 Å². The standard InChI is InChI=1S/C37H39Cl2FN6O4/c1-49-29-11-8-23(18-42-20-25-10-13-32(48)45-25)35(40)37(29)46-28-5-3-4-26(33(28)38)27-14-15-43-36(34(27)39)21-6-7-22(30(16-21)50-2)17-41-19-24-9-12-31(47)44-24/h3-8,11,14-16,24-25,41-42,46H,9-10,12-13,17-20H2,1-2H3,(H,44,47)(H,45,48)/t24-,25+/m0/s1. The Morgan fingerprint density at radius 3 is 2.10 bits per heavy atom. The number of nitrogens with one attached hydrogen (secondary N) is 5. The van der Waals surface area contributed by atoms with Crippen LogP contribution in [0, 0.1) is 5.82 Å². The number of hydrogen-bond acceptors (Lipinski definition) is 8. The van der Waals surface area contributed by atoms with Crippen molar-refractivity contribution in [1.29, 1.82) is 0 Å². The largest absolute Gasteiger partial charge is 0.496 e. The summed E-state index contributed by atoms with van der Waals surface area (Å²) >= 11 is 14.0. The number of anilines is 2. The van der Waals surface area contributed by atoms with Gasteiger partial charge >= 0.3 is 0 Å². The van der Waals surface area contributed by atoms with Crippen molar-refractivity contribution in [2.45, 2.75) is 50.9 Å². The highest BCUT2D eigenvalue weighted by molar-refractivity contribution is 6.39. The van der Waals surface area contributed by atoms with E-state index in [0.717, 1.165) is 24.0 Å². The van der Waals surface area contributed by atoms with Crippen LogP contribution in [0.2, 0.25) is 10.0 Å². The first-order valence-corrected chi connectivity index (χ1v) is 17.2. The van der Waals surface area contributed by atoms with Gasteiger partial charge in [-0.3, -0.25) is 14.6 Å². The maximum absolute atomic E-state index is 15.9. The predicted molar refractivity (Wildman–Crippen MR) is 194 cm³/mol. The van der Waals surface area contributed by atoms with Crippen molar-refractivity contribution in [2.24, 2.45) is 0 Å². The summed E-state index contributed by atoms with van der Waals surface area (Å²) in [6, 6.07) is 16.5. The van der Waals surface area contributed by atoms with Crippen molar-refractivity contribution in [1.82, 2.24) is 26.3 Å². The molecular formula is C37H39Cl2FN6O4. The van der Waals surface area contributed by atoms with Gasteiger partial charge in [-0.1, -0.05) is 53.5 Å². The molecule has 2 amide bonds. The van der Waals surface area contributed by atoms with E-state index in [0.29, 0.717) is 82.1 Å². The number of nitrogens with zero attached hydrogens (tertiary/aromatic N) is 1. The molecule has 2 fully saturated rings. The van der Waals surface area contributed by atoms with Crippen LogP contribution in [0.4, 0.5) is 15.8 Å². The van der Waals surface area contributed by atoms with Gasteiger partial charge in [0.2, 0.25) is 11.8 Å². The minimum Gasteiger partial charge on any atom is -0.496 e. The maximum atomic E-state index is 15.9. The van der Waals surface area contributed by atoms with Gasteiger partial charge in [0.1, 0.15) is 17.2 Å². The lowest BCUT2D eigenvalue weighted by atomic mass is 10.0. The third-order valence-electron chi connectivity index (χ3n) is 8.98. The van der Waals surface area contributed by atoms with Gasteiger partial charge in [0.25, 0.3) is 0 Å². The minimum absolute atomic E-state index is 0.0333. The molecule has 0 radical (unpaired) electrons. The van der Waals surface area contributed by atoms with Gasteiger partial charge in [0.05, 0.1) is 35.6 Å². The molecule has 10 nitrogen and oxygen atoms in total. The van der Waals surface area contributed by atoms with E-state index in [9.17, 15) is 9.59 Å². The van der Waals surface area contributed by atoms with Gasteiger partial charge < -0.3 is 36.1 Å². The first-order chi connectivity index (χ1) is 24.2. The molecule has 13 heteroatoms. The van der Waals surface area contributed by atoms with Crippen molar-refractivity contribution in [3.63, 3.8) is 0 Å². The smallest absolute Gasteiger partial charge is 0.220 e. The first-order valence-electron chi connectivity index (χ1n) is 16.5. The summed E-state index contributed by atoms with van der Waals surface area (Å²) in [5.74, 6) is 0.645. The van der Waals surface area contributed by atoms with Gasteiger partial charge in [-0.2, -0.15) is 0 Å². The average Bonchev–Trinajstić information content (AvgIpc) is 3.74. The second-order valence-electron chi connectivity index (χ2n) is 12.3. The monoisotopic (exact) mass is 720 g/mol. The number of rotatable bonds is 14. The molecule has 0 saturated carbocycles. The molecule has 50 heavy (non-hydrogen) atoms. The molecule has 2 aliphatic heterocycles. The summed E-state index contributed by atoms with van der Waals surface area (Å²) < 4.78 is 27.1. The molecule has 2 atom stereocenters. The van der Waals surface area contributed by atoms with Crippen LogP contribution in [0.15, 0.2) is 60.8 Å². The quantitative estimate of drug-likeness (QED) is 0.102. The SMILES string of the molecule is COc1cc(-c2nccc(-c3cccc(Nc4c(OC)ccc(CNC[C@H]5CCC(=O)N5)c4F)c3Cl)c2Cl)ccc1CNC[C@@H]1CCC(=O)N1. The number of ether oxygens (including phenoxy) is 2. The number of hydrogen-bond donors (Lipinski definition) is 5. The lowest BCUT2D eigenvalue weighted by Gasteiger charge is -2.18. The van der Waals surface area contributed by atoms with Crippen LogP contribution in [0.3, 0.4) is 0 Å². The molecule has 2 saturated heterocycles. The minimum atomic E-state index is -0.476. The summed E-state index contributed by atoms with van der Waals surface area (Å²) in [6.45, 7) is 2.05. The Hall–Kier alpha value is -4.42. The number of methoxy groups -OCH3 is 2. The highest BCUT2D eigenvalue weighted by atomic mass is 35.5. The molecular weight excluding hydrogens is 682 g/mol. The van der Waals surface area contributed by atoms with Crippen LogP contribution in [-0.4, -0.2) is 56.2 Å². The zero-order valence-corrected chi connectivity index (χ0v) is 29.3. The number of carbonyl (C=O) groups is 2. The molecule has 2 aliphatic rings. The normalized spacial score (nSPS) is 17.1. The second-order valence-corrected chi connectivity index (χ2v) is 13.1. The third-order valence-corrected chi connectivity index (χ3v) is 9.77. The van der Waals surface area contributed by atoms with Gasteiger partial charge in [0, 0.05) is 85.1 Å². The van der Waals surface area contributed by atoms with E-state index in [1.807, 2.05) is 30.3 Å². The van der Waals surface area contributed by atoms with Gasteiger partial charge in [-0.15, -0.1) is 0 Å². The first kappa shape index (κ1) is 35.4. The predicted octanol–water partition coefficient (Wildman–Crippen LogP) is 6.36. The van der Waals surface area contributed by atoms with Crippen LogP contribution in [0.5, 0.6) is 11.5 Å². The van der Waals surface area contributed by atoms with E-state index in [1.165, 1.54) is 7.11 Å². The van der Waals surface area contributed by atoms with Crippen LogP contribution >= 0.6 is 23.2 Å². The highest BCUT2D eigenvalue weighted by Crippen LogP contribution is 2.43. The van der Waals surface area contributed by atoms with Crippen LogP contribution in [0.1, 0.15) is 36.8 Å². The Morgan fingerprint density at radius 2 is 1.46 bits per heavy atom. The summed E-state index contributed by atoms with van der Waals surface area (Å²) in [7, 11) is 3.09. The second kappa shape index (κ2) is 16.1. The van der Waals surface area contributed by atoms with Crippen molar-refractivity contribution in [3.8, 4) is 33.9 Å². The maximum Gasteiger partial charge on any atom is 0.220 e. The van der Waals surface area contributed by atoms with Crippen LogP contribution < -0.4 is 36.1 Å². The molecule has 0 aliphatic carbocycles. The molecule has 5 N–H and O–H groups in total. The number of aromatic nitrogens is 1. The number of pyridine rings is 1. The van der Waals surface area contributed by atoms with Gasteiger partial charge in [-0.05, 0) is 37.1 Å².